The third-order valence-corrected chi connectivity index (χ3v) is 7.35. The van der Waals surface area contributed by atoms with Crippen LogP contribution in [0.1, 0.15) is 99.8 Å². The van der Waals surface area contributed by atoms with Crippen molar-refractivity contribution in [2.45, 2.75) is 117 Å². The quantitative estimate of drug-likeness (QED) is 0.631. The fourth-order valence-corrected chi connectivity index (χ4v) is 6.39. The van der Waals surface area contributed by atoms with Gasteiger partial charge in [-0.15, -0.1) is 0 Å². The molecule has 2 aliphatic carbocycles. The third-order valence-electron chi connectivity index (χ3n) is 7.35. The lowest BCUT2D eigenvalue weighted by atomic mass is 9.59. The highest BCUT2D eigenvalue weighted by molar-refractivity contribution is 5.00. The summed E-state index contributed by atoms with van der Waals surface area (Å²) in [5, 5.41) is 4.00. The zero-order valence-corrected chi connectivity index (χ0v) is 18.8. The van der Waals surface area contributed by atoms with Crippen molar-refractivity contribution in [1.82, 2.24) is 5.32 Å². The topological polar surface area (TPSA) is 64.1 Å². The van der Waals surface area contributed by atoms with E-state index < -0.39 is 0 Å². The predicted molar refractivity (Wildman–Crippen MR) is 114 cm³/mol. The Labute approximate surface area is 163 Å². The lowest BCUT2D eigenvalue weighted by Crippen LogP contribution is -2.54. The van der Waals surface area contributed by atoms with Gasteiger partial charge in [-0.2, -0.15) is 0 Å². The maximum Gasteiger partial charge on any atom is 0.0153 e. The van der Waals surface area contributed by atoms with Crippen molar-refractivity contribution >= 4 is 0 Å². The van der Waals surface area contributed by atoms with Crippen LogP contribution in [0.5, 0.6) is 0 Å². The van der Waals surface area contributed by atoms with Crippen molar-refractivity contribution in [3.05, 3.63) is 0 Å². The third kappa shape index (κ3) is 5.94. The number of hydrogen-bond donors (Lipinski definition) is 3. The zero-order chi connectivity index (χ0) is 19.8. The van der Waals surface area contributed by atoms with E-state index in [1.165, 1.54) is 44.9 Å². The second kappa shape index (κ2) is 7.72. The zero-order valence-electron chi connectivity index (χ0n) is 18.8. The molecule has 0 aromatic rings. The number of rotatable bonds is 6. The van der Waals surface area contributed by atoms with Gasteiger partial charge in [0.1, 0.15) is 0 Å². The van der Waals surface area contributed by atoms with Crippen LogP contribution >= 0.6 is 0 Å². The standard InChI is InChI=1S/C23H47N3/c1-17(2)12-21(5)13-19(24)14-22(6,15-21)16-26-23(7)10-8-18(9-11-23)20(3,4)25/h17-19,26H,8-16,24-25H2,1-7H3. The van der Waals surface area contributed by atoms with Gasteiger partial charge in [-0.3, -0.25) is 0 Å². The molecule has 0 heterocycles. The molecule has 154 valence electrons. The van der Waals surface area contributed by atoms with Gasteiger partial charge in [-0.05, 0) is 94.8 Å². The molecule has 5 N–H and O–H groups in total. The normalized spacial score (nSPS) is 42.2. The van der Waals surface area contributed by atoms with Crippen LogP contribution in [0.3, 0.4) is 0 Å². The van der Waals surface area contributed by atoms with E-state index in [-0.39, 0.29) is 11.1 Å². The van der Waals surface area contributed by atoms with E-state index in [0.29, 0.717) is 22.8 Å². The first-order chi connectivity index (χ1) is 11.7. The van der Waals surface area contributed by atoms with Gasteiger partial charge < -0.3 is 16.8 Å². The molecule has 0 aromatic carbocycles. The van der Waals surface area contributed by atoms with Crippen LogP contribution in [0.4, 0.5) is 0 Å². The van der Waals surface area contributed by atoms with Gasteiger partial charge in [0.15, 0.2) is 0 Å². The van der Waals surface area contributed by atoms with Crippen molar-refractivity contribution < 1.29 is 0 Å². The van der Waals surface area contributed by atoms with Crippen LogP contribution in [0.25, 0.3) is 0 Å². The first-order valence-corrected chi connectivity index (χ1v) is 11.0. The van der Waals surface area contributed by atoms with Gasteiger partial charge in [0, 0.05) is 23.7 Å². The maximum absolute atomic E-state index is 6.53. The molecule has 3 heteroatoms. The van der Waals surface area contributed by atoms with Crippen molar-refractivity contribution in [1.29, 1.82) is 0 Å². The van der Waals surface area contributed by atoms with Gasteiger partial charge in [-0.25, -0.2) is 0 Å². The Morgan fingerprint density at radius 1 is 1.04 bits per heavy atom. The van der Waals surface area contributed by atoms with E-state index in [4.69, 9.17) is 11.5 Å². The molecule has 26 heavy (non-hydrogen) atoms. The molecule has 2 aliphatic rings. The van der Waals surface area contributed by atoms with E-state index >= 15 is 0 Å². The average Bonchev–Trinajstić information content (AvgIpc) is 2.42. The van der Waals surface area contributed by atoms with Gasteiger partial charge >= 0.3 is 0 Å². The van der Waals surface area contributed by atoms with Gasteiger partial charge in [0.05, 0.1) is 0 Å². The van der Waals surface area contributed by atoms with Gasteiger partial charge in [-0.1, -0.05) is 27.7 Å². The monoisotopic (exact) mass is 365 g/mol. The summed E-state index contributed by atoms with van der Waals surface area (Å²) in [6.45, 7) is 17.5. The Morgan fingerprint density at radius 2 is 1.58 bits per heavy atom. The highest BCUT2D eigenvalue weighted by atomic mass is 15.0. The highest BCUT2D eigenvalue weighted by Crippen LogP contribution is 2.49. The molecule has 0 aliphatic heterocycles. The van der Waals surface area contributed by atoms with Gasteiger partial charge in [0.25, 0.3) is 0 Å². The second-order valence-corrected chi connectivity index (χ2v) is 12.1. The average molecular weight is 366 g/mol. The molecule has 2 rings (SSSR count). The molecule has 0 saturated heterocycles. The van der Waals surface area contributed by atoms with E-state index in [0.717, 1.165) is 18.9 Å². The minimum atomic E-state index is -0.0396. The van der Waals surface area contributed by atoms with E-state index in [9.17, 15) is 0 Å². The van der Waals surface area contributed by atoms with Crippen LogP contribution in [0.2, 0.25) is 0 Å². The predicted octanol–water partition coefficient (Wildman–Crippen LogP) is 4.83. The highest BCUT2D eigenvalue weighted by Gasteiger charge is 2.44. The molecule has 0 bridgehead atoms. The lowest BCUT2D eigenvalue weighted by Gasteiger charge is -2.50. The summed E-state index contributed by atoms with van der Waals surface area (Å²) in [6.07, 6.45) is 9.90. The summed E-state index contributed by atoms with van der Waals surface area (Å²) in [6, 6.07) is 0.348. The smallest absolute Gasteiger partial charge is 0.0153 e. The Kier molecular flexibility index (Phi) is 6.58. The molecule has 0 radical (unpaired) electrons. The van der Waals surface area contributed by atoms with Crippen molar-refractivity contribution in [2.24, 2.45) is 34.1 Å². The molecule has 2 saturated carbocycles. The lowest BCUT2D eigenvalue weighted by molar-refractivity contribution is 0.0420. The maximum atomic E-state index is 6.53. The van der Waals surface area contributed by atoms with E-state index in [1.54, 1.807) is 0 Å². The fourth-order valence-electron chi connectivity index (χ4n) is 6.39. The number of nitrogens with two attached hydrogens (primary N) is 2. The van der Waals surface area contributed by atoms with Crippen LogP contribution in [-0.4, -0.2) is 23.7 Å². The first kappa shape index (κ1) is 22.2. The Hall–Kier alpha value is -0.120. The molecule has 3 atom stereocenters. The Morgan fingerprint density at radius 3 is 2.08 bits per heavy atom. The van der Waals surface area contributed by atoms with Crippen molar-refractivity contribution in [3.63, 3.8) is 0 Å². The molecule has 0 aromatic heterocycles. The molecule has 3 nitrogen and oxygen atoms in total. The van der Waals surface area contributed by atoms with Crippen molar-refractivity contribution in [2.75, 3.05) is 6.54 Å². The molecular weight excluding hydrogens is 318 g/mol. The summed E-state index contributed by atoms with van der Waals surface area (Å²) in [7, 11) is 0. The summed E-state index contributed by atoms with van der Waals surface area (Å²) in [5.41, 5.74) is 13.8. The Bertz CT molecular complexity index is 455. The summed E-state index contributed by atoms with van der Waals surface area (Å²) in [5.74, 6) is 1.40. The largest absolute Gasteiger partial charge is 0.328 e. The first-order valence-electron chi connectivity index (χ1n) is 11.0. The summed E-state index contributed by atoms with van der Waals surface area (Å²) >= 11 is 0. The van der Waals surface area contributed by atoms with Crippen molar-refractivity contribution in [3.8, 4) is 0 Å². The second-order valence-electron chi connectivity index (χ2n) is 12.1. The van der Waals surface area contributed by atoms with Crippen LogP contribution in [0, 0.1) is 22.7 Å². The minimum absolute atomic E-state index is 0.0396. The minimum Gasteiger partial charge on any atom is -0.328 e. The number of nitrogens with one attached hydrogen (secondary N) is 1. The summed E-state index contributed by atoms with van der Waals surface area (Å²) in [4.78, 5) is 0. The molecule has 0 spiro atoms. The molecule has 3 unspecified atom stereocenters. The molecule has 2 fully saturated rings. The number of hydrogen-bond acceptors (Lipinski definition) is 3. The van der Waals surface area contributed by atoms with Gasteiger partial charge in [0.2, 0.25) is 0 Å². The van der Waals surface area contributed by atoms with E-state index in [2.05, 4.69) is 53.8 Å². The Balaban J connectivity index is 1.95. The summed E-state index contributed by atoms with van der Waals surface area (Å²) < 4.78 is 0. The van der Waals surface area contributed by atoms with Crippen LogP contribution in [-0.2, 0) is 0 Å². The molecule has 0 amide bonds. The SMILES string of the molecule is CC(C)CC1(C)CC(N)CC(C)(CNC2(C)CCC(C(C)(C)N)CC2)C1. The van der Waals surface area contributed by atoms with E-state index in [1.807, 2.05) is 0 Å². The van der Waals surface area contributed by atoms with Crippen LogP contribution < -0.4 is 16.8 Å². The van der Waals surface area contributed by atoms with Crippen LogP contribution in [0.15, 0.2) is 0 Å². The fraction of sp³-hybridized carbons (Fsp3) is 1.00. The molecular formula is C23H47N3.